The van der Waals surface area contributed by atoms with Crippen molar-refractivity contribution >= 4 is 0 Å². The number of nitrogens with one attached hydrogen (secondary N) is 1. The van der Waals surface area contributed by atoms with Gasteiger partial charge in [-0.25, -0.2) is 0 Å². The maximum atomic E-state index is 4.64. The highest BCUT2D eigenvalue weighted by Crippen LogP contribution is 2.20. The lowest BCUT2D eigenvalue weighted by Crippen LogP contribution is -2.25. The van der Waals surface area contributed by atoms with E-state index in [2.05, 4.69) is 61.2 Å². The summed E-state index contributed by atoms with van der Waals surface area (Å²) in [7, 11) is 0. The highest BCUT2D eigenvalue weighted by atomic mass is 14.9. The van der Waals surface area contributed by atoms with E-state index in [0.717, 1.165) is 30.8 Å². The zero-order chi connectivity index (χ0) is 15.2. The van der Waals surface area contributed by atoms with E-state index in [4.69, 9.17) is 0 Å². The number of aromatic nitrogens is 2. The van der Waals surface area contributed by atoms with Crippen molar-refractivity contribution in [2.45, 2.75) is 46.6 Å². The van der Waals surface area contributed by atoms with Crippen molar-refractivity contribution in [3.63, 3.8) is 0 Å². The lowest BCUT2D eigenvalue weighted by molar-refractivity contribution is 0.528. The summed E-state index contributed by atoms with van der Waals surface area (Å²) in [4.78, 5) is 9.21. The number of nitrogens with zero attached hydrogens (tertiary/aromatic N) is 2. The van der Waals surface area contributed by atoms with Gasteiger partial charge >= 0.3 is 0 Å². The smallest absolute Gasteiger partial charge is 0.0606 e. The van der Waals surface area contributed by atoms with Crippen molar-refractivity contribution < 1.29 is 0 Å². The molecule has 0 amide bonds. The third-order valence-corrected chi connectivity index (χ3v) is 3.74. The lowest BCUT2D eigenvalue weighted by atomic mass is 10.0. The molecule has 1 atom stereocenters. The van der Waals surface area contributed by atoms with Gasteiger partial charge in [0.1, 0.15) is 0 Å². The first-order chi connectivity index (χ1) is 10.1. The van der Waals surface area contributed by atoms with Crippen molar-refractivity contribution in [2.24, 2.45) is 0 Å². The minimum Gasteiger partial charge on any atom is -0.309 e. The molecule has 0 aliphatic carbocycles. The van der Waals surface area contributed by atoms with Crippen LogP contribution in [-0.4, -0.2) is 16.5 Å². The van der Waals surface area contributed by atoms with Gasteiger partial charge in [0.25, 0.3) is 0 Å². The Balaban J connectivity index is 2.21. The van der Waals surface area contributed by atoms with Gasteiger partial charge in [-0.15, -0.1) is 0 Å². The monoisotopic (exact) mass is 283 g/mol. The van der Waals surface area contributed by atoms with Gasteiger partial charge < -0.3 is 5.32 Å². The second kappa shape index (κ2) is 7.32. The minimum atomic E-state index is 0.218. The average molecular weight is 283 g/mol. The maximum Gasteiger partial charge on any atom is 0.0606 e. The summed E-state index contributed by atoms with van der Waals surface area (Å²) in [5.74, 6) is 0. The second-order valence-electron chi connectivity index (χ2n) is 5.54. The van der Waals surface area contributed by atoms with Gasteiger partial charge in [-0.3, -0.25) is 9.97 Å². The molecule has 0 fully saturated rings. The molecule has 3 nitrogen and oxygen atoms in total. The largest absolute Gasteiger partial charge is 0.309 e. The van der Waals surface area contributed by atoms with E-state index in [1.165, 1.54) is 16.7 Å². The molecule has 0 radical (unpaired) electrons. The Morgan fingerprint density at radius 2 is 1.90 bits per heavy atom. The van der Waals surface area contributed by atoms with Gasteiger partial charge in [-0.1, -0.05) is 26.0 Å². The van der Waals surface area contributed by atoms with E-state index in [1.54, 1.807) is 0 Å². The van der Waals surface area contributed by atoms with Gasteiger partial charge in [-0.05, 0) is 49.6 Å². The maximum absolute atomic E-state index is 4.64. The van der Waals surface area contributed by atoms with E-state index in [1.807, 2.05) is 12.4 Å². The molecular formula is C18H25N3. The molecule has 2 rings (SSSR count). The lowest BCUT2D eigenvalue weighted by Gasteiger charge is -2.19. The Morgan fingerprint density at radius 3 is 2.48 bits per heavy atom. The highest BCUT2D eigenvalue weighted by Gasteiger charge is 2.15. The van der Waals surface area contributed by atoms with Crippen LogP contribution in [0.15, 0.2) is 30.6 Å². The molecule has 0 spiro atoms. The number of hydrogen-bond acceptors (Lipinski definition) is 3. The molecule has 0 aromatic carbocycles. The SMILES string of the molecule is CCNC(Cc1ccc(CC)cn1)c1ncc(C)cc1C. The molecule has 2 heterocycles. The predicted octanol–water partition coefficient (Wildman–Crippen LogP) is 3.55. The van der Waals surface area contributed by atoms with Crippen molar-refractivity contribution in [1.29, 1.82) is 0 Å². The number of hydrogen-bond donors (Lipinski definition) is 1. The van der Waals surface area contributed by atoms with Crippen LogP contribution in [-0.2, 0) is 12.8 Å². The van der Waals surface area contributed by atoms with E-state index in [-0.39, 0.29) is 6.04 Å². The van der Waals surface area contributed by atoms with Crippen LogP contribution in [0.4, 0.5) is 0 Å². The van der Waals surface area contributed by atoms with Crippen molar-refractivity contribution in [3.8, 4) is 0 Å². The van der Waals surface area contributed by atoms with E-state index < -0.39 is 0 Å². The van der Waals surface area contributed by atoms with Crippen LogP contribution in [0.25, 0.3) is 0 Å². The average Bonchev–Trinajstić information content (AvgIpc) is 2.48. The fourth-order valence-corrected chi connectivity index (χ4v) is 2.60. The van der Waals surface area contributed by atoms with E-state index >= 15 is 0 Å². The molecule has 1 unspecified atom stereocenters. The molecular weight excluding hydrogens is 258 g/mol. The standard InChI is InChI=1S/C18H25N3/c1-5-15-7-8-16(20-12-15)10-17(19-6-2)18-14(4)9-13(3)11-21-18/h7-9,11-12,17,19H,5-6,10H2,1-4H3. The summed E-state index contributed by atoms with van der Waals surface area (Å²) in [6, 6.07) is 6.71. The number of aryl methyl sites for hydroxylation is 3. The Bertz CT molecular complexity index is 576. The van der Waals surface area contributed by atoms with E-state index in [9.17, 15) is 0 Å². The van der Waals surface area contributed by atoms with Crippen LogP contribution in [0.1, 0.15) is 48.0 Å². The molecule has 0 saturated heterocycles. The fraction of sp³-hybridized carbons (Fsp3) is 0.444. The van der Waals surface area contributed by atoms with Crippen LogP contribution in [0.2, 0.25) is 0 Å². The van der Waals surface area contributed by atoms with E-state index in [0.29, 0.717) is 0 Å². The quantitative estimate of drug-likeness (QED) is 0.881. The first-order valence-corrected chi connectivity index (χ1v) is 7.74. The summed E-state index contributed by atoms with van der Waals surface area (Å²) in [6.45, 7) is 9.42. The van der Waals surface area contributed by atoms with Crippen LogP contribution in [0.3, 0.4) is 0 Å². The van der Waals surface area contributed by atoms with Gasteiger partial charge in [0.15, 0.2) is 0 Å². The molecule has 2 aromatic heterocycles. The third-order valence-electron chi connectivity index (χ3n) is 3.74. The molecule has 2 aromatic rings. The molecule has 21 heavy (non-hydrogen) atoms. The zero-order valence-corrected chi connectivity index (χ0v) is 13.5. The zero-order valence-electron chi connectivity index (χ0n) is 13.5. The van der Waals surface area contributed by atoms with Crippen LogP contribution >= 0.6 is 0 Å². The van der Waals surface area contributed by atoms with Crippen molar-refractivity contribution in [3.05, 3.63) is 58.7 Å². The van der Waals surface area contributed by atoms with Gasteiger partial charge in [0, 0.05) is 24.5 Å². The van der Waals surface area contributed by atoms with Crippen LogP contribution in [0.5, 0.6) is 0 Å². The molecule has 0 aliphatic heterocycles. The first kappa shape index (κ1) is 15.6. The Labute approximate surface area is 127 Å². The summed E-state index contributed by atoms with van der Waals surface area (Å²) < 4.78 is 0. The Hall–Kier alpha value is -1.74. The van der Waals surface area contributed by atoms with Gasteiger partial charge in [-0.2, -0.15) is 0 Å². The van der Waals surface area contributed by atoms with Gasteiger partial charge in [0.05, 0.1) is 11.7 Å². The number of rotatable bonds is 6. The third kappa shape index (κ3) is 4.11. The van der Waals surface area contributed by atoms with Crippen LogP contribution < -0.4 is 5.32 Å². The summed E-state index contributed by atoms with van der Waals surface area (Å²) in [6.07, 6.45) is 5.82. The molecule has 3 heteroatoms. The molecule has 112 valence electrons. The minimum absolute atomic E-state index is 0.218. The normalized spacial score (nSPS) is 12.4. The number of pyridine rings is 2. The fourth-order valence-electron chi connectivity index (χ4n) is 2.60. The topological polar surface area (TPSA) is 37.8 Å². The molecule has 0 bridgehead atoms. The van der Waals surface area contributed by atoms with Crippen molar-refractivity contribution in [2.75, 3.05) is 6.54 Å². The Kier molecular flexibility index (Phi) is 5.45. The first-order valence-electron chi connectivity index (χ1n) is 7.74. The number of likely N-dealkylation sites (N-methyl/N-ethyl adjacent to an activating group) is 1. The summed E-state index contributed by atoms with van der Waals surface area (Å²) in [5.41, 5.74) is 5.97. The second-order valence-corrected chi connectivity index (χ2v) is 5.54. The molecule has 0 aliphatic rings. The summed E-state index contributed by atoms with van der Waals surface area (Å²) in [5, 5.41) is 3.53. The predicted molar refractivity (Wildman–Crippen MR) is 87.4 cm³/mol. The highest BCUT2D eigenvalue weighted by molar-refractivity contribution is 5.27. The Morgan fingerprint density at radius 1 is 1.10 bits per heavy atom. The molecule has 1 N–H and O–H groups in total. The van der Waals surface area contributed by atoms with Crippen molar-refractivity contribution in [1.82, 2.24) is 15.3 Å². The molecule has 0 saturated carbocycles. The van der Waals surface area contributed by atoms with Crippen LogP contribution in [0, 0.1) is 13.8 Å². The summed E-state index contributed by atoms with van der Waals surface area (Å²) >= 11 is 0. The van der Waals surface area contributed by atoms with Gasteiger partial charge in [0.2, 0.25) is 0 Å².